The molecule has 0 radical (unpaired) electrons. The summed E-state index contributed by atoms with van der Waals surface area (Å²) in [6.07, 6.45) is 5.06. The van der Waals surface area contributed by atoms with Crippen molar-refractivity contribution < 1.29 is 15.0 Å². The predicted molar refractivity (Wildman–Crippen MR) is 80.9 cm³/mol. The van der Waals surface area contributed by atoms with Crippen LogP contribution in [-0.2, 0) is 6.42 Å². The van der Waals surface area contributed by atoms with Crippen LogP contribution in [0.25, 0.3) is 6.08 Å². The van der Waals surface area contributed by atoms with Gasteiger partial charge in [-0.05, 0) is 47.5 Å². The Bertz CT molecular complexity index is 776. The second kappa shape index (κ2) is 5.25. The number of hydrogen-bond donors (Lipinski definition) is 2. The van der Waals surface area contributed by atoms with E-state index in [1.54, 1.807) is 48.8 Å². The van der Waals surface area contributed by atoms with Crippen molar-refractivity contribution in [3.8, 4) is 11.5 Å². The molecule has 1 aliphatic heterocycles. The van der Waals surface area contributed by atoms with Crippen molar-refractivity contribution >= 4 is 18.1 Å². The monoisotopic (exact) mass is 279 g/mol. The summed E-state index contributed by atoms with van der Waals surface area (Å²) < 4.78 is 0. The third-order valence-corrected chi connectivity index (χ3v) is 3.37. The number of phenols is 2. The molecule has 0 amide bonds. The molecule has 0 atom stereocenters. The number of ketones is 1. The molecule has 4 heteroatoms. The minimum Gasteiger partial charge on any atom is -0.508 e. The summed E-state index contributed by atoms with van der Waals surface area (Å²) in [5, 5.41) is 19.1. The van der Waals surface area contributed by atoms with E-state index in [4.69, 9.17) is 0 Å². The Morgan fingerprint density at radius 2 is 1.67 bits per heavy atom. The van der Waals surface area contributed by atoms with Crippen LogP contribution < -0.4 is 0 Å². The highest BCUT2D eigenvalue weighted by Gasteiger charge is 2.14. The van der Waals surface area contributed by atoms with Crippen molar-refractivity contribution in [3.05, 3.63) is 64.9 Å². The number of benzene rings is 2. The zero-order valence-electron chi connectivity index (χ0n) is 11.2. The van der Waals surface area contributed by atoms with Gasteiger partial charge >= 0.3 is 0 Å². The van der Waals surface area contributed by atoms with E-state index in [-0.39, 0.29) is 23.7 Å². The first kappa shape index (κ1) is 13.1. The highest BCUT2D eigenvalue weighted by Crippen LogP contribution is 2.23. The van der Waals surface area contributed by atoms with Gasteiger partial charge in [-0.1, -0.05) is 6.07 Å². The Balaban J connectivity index is 2.13. The minimum absolute atomic E-state index is 0.0445. The van der Waals surface area contributed by atoms with Gasteiger partial charge in [0, 0.05) is 30.0 Å². The Hall–Kier alpha value is -2.88. The predicted octanol–water partition coefficient (Wildman–Crippen LogP) is 2.93. The molecular formula is C17H13NO3. The van der Waals surface area contributed by atoms with Crippen molar-refractivity contribution in [2.24, 2.45) is 4.99 Å². The van der Waals surface area contributed by atoms with E-state index in [1.807, 2.05) is 0 Å². The van der Waals surface area contributed by atoms with E-state index in [0.717, 1.165) is 11.1 Å². The van der Waals surface area contributed by atoms with Gasteiger partial charge in [-0.3, -0.25) is 9.79 Å². The Morgan fingerprint density at radius 3 is 2.48 bits per heavy atom. The molecular weight excluding hydrogens is 266 g/mol. The van der Waals surface area contributed by atoms with Gasteiger partial charge in [0.15, 0.2) is 5.78 Å². The Morgan fingerprint density at radius 1 is 0.952 bits per heavy atom. The zero-order valence-corrected chi connectivity index (χ0v) is 11.2. The SMILES string of the molecule is O=C1Cc2ccc(O)cc2C=N/C=C\c2cc(O)ccc21. The molecule has 2 aromatic carbocycles. The van der Waals surface area contributed by atoms with Crippen LogP contribution in [0, 0.1) is 0 Å². The number of carbonyl (C=O) groups is 1. The summed E-state index contributed by atoms with van der Waals surface area (Å²) >= 11 is 0. The van der Waals surface area contributed by atoms with Crippen LogP contribution in [0.3, 0.4) is 0 Å². The molecule has 1 aliphatic rings. The van der Waals surface area contributed by atoms with Crippen LogP contribution in [0.15, 0.2) is 47.6 Å². The van der Waals surface area contributed by atoms with Crippen LogP contribution in [-0.4, -0.2) is 22.2 Å². The van der Waals surface area contributed by atoms with E-state index >= 15 is 0 Å². The number of aromatic hydroxyl groups is 2. The second-order valence-corrected chi connectivity index (χ2v) is 4.85. The molecule has 4 nitrogen and oxygen atoms in total. The van der Waals surface area contributed by atoms with Crippen LogP contribution in [0.5, 0.6) is 11.5 Å². The molecule has 0 spiro atoms. The number of aliphatic imine (C=N–C) groups is 1. The fourth-order valence-electron chi connectivity index (χ4n) is 2.32. The lowest BCUT2D eigenvalue weighted by Crippen LogP contribution is -2.08. The Kier molecular flexibility index (Phi) is 3.28. The van der Waals surface area contributed by atoms with Gasteiger partial charge in [-0.2, -0.15) is 0 Å². The number of rotatable bonds is 0. The quantitative estimate of drug-likeness (QED) is 0.779. The fraction of sp³-hybridized carbons (Fsp3) is 0.0588. The van der Waals surface area contributed by atoms with Crippen LogP contribution in [0.1, 0.15) is 27.0 Å². The highest BCUT2D eigenvalue weighted by molar-refractivity contribution is 6.02. The van der Waals surface area contributed by atoms with Gasteiger partial charge in [-0.15, -0.1) is 0 Å². The lowest BCUT2D eigenvalue weighted by molar-refractivity contribution is 0.0992. The van der Waals surface area contributed by atoms with Crippen LogP contribution >= 0.6 is 0 Å². The van der Waals surface area contributed by atoms with Crippen LogP contribution in [0.2, 0.25) is 0 Å². The lowest BCUT2D eigenvalue weighted by atomic mass is 9.95. The summed E-state index contributed by atoms with van der Waals surface area (Å²) in [6, 6.07) is 9.51. The summed E-state index contributed by atoms with van der Waals surface area (Å²) in [5.41, 5.74) is 2.70. The van der Waals surface area contributed by atoms with Gasteiger partial charge < -0.3 is 10.2 Å². The van der Waals surface area contributed by atoms with Gasteiger partial charge in [0.05, 0.1) is 0 Å². The Labute approximate surface area is 121 Å². The third kappa shape index (κ3) is 2.69. The maximum atomic E-state index is 12.5. The van der Waals surface area contributed by atoms with Gasteiger partial charge in [0.1, 0.15) is 11.5 Å². The summed E-state index contributed by atoms with van der Waals surface area (Å²) in [6.45, 7) is 0. The van der Waals surface area contributed by atoms with E-state index in [9.17, 15) is 15.0 Å². The van der Waals surface area contributed by atoms with E-state index < -0.39 is 0 Å². The first-order valence-electron chi connectivity index (χ1n) is 6.51. The average Bonchev–Trinajstić information content (AvgIpc) is 2.45. The molecule has 21 heavy (non-hydrogen) atoms. The van der Waals surface area contributed by atoms with Gasteiger partial charge in [0.25, 0.3) is 0 Å². The highest BCUT2D eigenvalue weighted by atomic mass is 16.3. The van der Waals surface area contributed by atoms with E-state index in [1.165, 1.54) is 6.07 Å². The topological polar surface area (TPSA) is 69.9 Å². The van der Waals surface area contributed by atoms with Crippen molar-refractivity contribution in [3.63, 3.8) is 0 Å². The molecule has 2 aromatic rings. The number of phenolic OH excluding ortho intramolecular Hbond substituents is 2. The number of carbonyl (C=O) groups excluding carboxylic acids is 1. The molecule has 0 aromatic heterocycles. The maximum absolute atomic E-state index is 12.5. The third-order valence-electron chi connectivity index (χ3n) is 3.37. The van der Waals surface area contributed by atoms with Crippen molar-refractivity contribution in [1.29, 1.82) is 0 Å². The lowest BCUT2D eigenvalue weighted by Gasteiger charge is -2.10. The summed E-state index contributed by atoms with van der Waals surface area (Å²) in [4.78, 5) is 16.6. The van der Waals surface area contributed by atoms with Gasteiger partial charge in [0.2, 0.25) is 0 Å². The van der Waals surface area contributed by atoms with E-state index in [0.29, 0.717) is 11.1 Å². The fourth-order valence-corrected chi connectivity index (χ4v) is 2.32. The molecule has 0 bridgehead atoms. The van der Waals surface area contributed by atoms with Crippen molar-refractivity contribution in [1.82, 2.24) is 0 Å². The second-order valence-electron chi connectivity index (χ2n) is 4.85. The molecule has 3 rings (SSSR count). The molecule has 0 unspecified atom stereocenters. The molecule has 2 N–H and O–H groups in total. The number of fused-ring (bicyclic) bond motifs is 2. The van der Waals surface area contributed by atoms with Crippen molar-refractivity contribution in [2.45, 2.75) is 6.42 Å². The first-order valence-corrected chi connectivity index (χ1v) is 6.51. The average molecular weight is 279 g/mol. The molecule has 0 saturated heterocycles. The molecule has 0 fully saturated rings. The molecule has 0 saturated carbocycles. The number of nitrogens with zero attached hydrogens (tertiary/aromatic N) is 1. The van der Waals surface area contributed by atoms with Gasteiger partial charge in [-0.25, -0.2) is 0 Å². The van der Waals surface area contributed by atoms with Crippen LogP contribution in [0.4, 0.5) is 0 Å². The largest absolute Gasteiger partial charge is 0.508 e. The molecule has 104 valence electrons. The number of Topliss-reactive ketones (excluding diaryl/α,β-unsaturated/α-hetero) is 1. The maximum Gasteiger partial charge on any atom is 0.167 e. The normalized spacial score (nSPS) is 15.1. The number of hydrogen-bond acceptors (Lipinski definition) is 4. The zero-order chi connectivity index (χ0) is 14.8. The van der Waals surface area contributed by atoms with Crippen molar-refractivity contribution in [2.75, 3.05) is 0 Å². The first-order chi connectivity index (χ1) is 10.1. The molecule has 1 heterocycles. The summed E-state index contributed by atoms with van der Waals surface area (Å²) in [5.74, 6) is 0.202. The standard InChI is InChI=1S/C17H13NO3/c19-14-2-1-11-9-17(21)16-4-3-15(20)7-12(16)5-6-18-10-13(11)8-14/h1-8,10,19-20H,9H2/b6-5-,18-10?. The smallest absolute Gasteiger partial charge is 0.167 e. The summed E-state index contributed by atoms with van der Waals surface area (Å²) in [7, 11) is 0. The van der Waals surface area contributed by atoms with E-state index in [2.05, 4.69) is 4.99 Å². The minimum atomic E-state index is -0.0445. The molecule has 0 aliphatic carbocycles.